The van der Waals surface area contributed by atoms with Gasteiger partial charge in [0.1, 0.15) is 5.69 Å². The van der Waals surface area contributed by atoms with Gasteiger partial charge < -0.3 is 5.32 Å². The van der Waals surface area contributed by atoms with Crippen LogP contribution in [0, 0.1) is 0 Å². The predicted octanol–water partition coefficient (Wildman–Crippen LogP) is 3.70. The zero-order valence-electron chi connectivity index (χ0n) is 11.2. The quantitative estimate of drug-likeness (QED) is 0.574. The second-order valence-electron chi connectivity index (χ2n) is 4.72. The van der Waals surface area contributed by atoms with Crippen LogP contribution in [0.4, 0.5) is 17.2 Å². The Morgan fingerprint density at radius 3 is 2.52 bits per heavy atom. The Morgan fingerprint density at radius 1 is 0.762 bits per heavy atom. The lowest BCUT2D eigenvalue weighted by molar-refractivity contribution is 1.28. The first kappa shape index (κ1) is 11.8. The topological polar surface area (TPSA) is 50.2 Å². The van der Waals surface area contributed by atoms with E-state index in [-0.39, 0.29) is 0 Å². The number of para-hydroxylation sites is 1. The number of benzene rings is 1. The Labute approximate surface area is 122 Å². The molecule has 1 aromatic carbocycles. The first-order valence-electron chi connectivity index (χ1n) is 6.73. The molecule has 2 aromatic heterocycles. The number of aliphatic imine (C=N–C) groups is 1. The maximum Gasteiger partial charge on any atom is 0.156 e. The molecule has 0 fully saturated rings. The molecule has 1 aliphatic heterocycles. The fourth-order valence-electron chi connectivity index (χ4n) is 2.39. The summed E-state index contributed by atoms with van der Waals surface area (Å²) in [5.74, 6) is 0.760. The normalized spacial score (nSPS) is 12.5. The molecule has 0 atom stereocenters. The van der Waals surface area contributed by atoms with Crippen LogP contribution in [0.5, 0.6) is 0 Å². The van der Waals surface area contributed by atoms with Crippen LogP contribution in [0.3, 0.4) is 0 Å². The summed E-state index contributed by atoms with van der Waals surface area (Å²) < 4.78 is 0. The smallest absolute Gasteiger partial charge is 0.156 e. The molecule has 3 heterocycles. The first-order valence-corrected chi connectivity index (χ1v) is 6.73. The van der Waals surface area contributed by atoms with Crippen molar-refractivity contribution in [2.24, 2.45) is 4.99 Å². The minimum absolute atomic E-state index is 0.760. The van der Waals surface area contributed by atoms with Gasteiger partial charge in [-0.2, -0.15) is 0 Å². The number of hydrogen-bond acceptors (Lipinski definition) is 4. The van der Waals surface area contributed by atoms with Gasteiger partial charge in [0.15, 0.2) is 5.82 Å². The van der Waals surface area contributed by atoms with Crippen LogP contribution in [0.1, 0.15) is 11.3 Å². The number of hydrogen-bond donors (Lipinski definition) is 1. The lowest BCUT2D eigenvalue weighted by Gasteiger charge is -2.09. The zero-order valence-corrected chi connectivity index (χ0v) is 11.2. The van der Waals surface area contributed by atoms with E-state index in [2.05, 4.69) is 15.3 Å². The highest BCUT2D eigenvalue weighted by atomic mass is 15.0. The molecule has 0 saturated carbocycles. The zero-order chi connectivity index (χ0) is 14.1. The molecule has 21 heavy (non-hydrogen) atoms. The van der Waals surface area contributed by atoms with Gasteiger partial charge in [-0.15, -0.1) is 0 Å². The molecule has 4 nitrogen and oxygen atoms in total. The average molecular weight is 272 g/mol. The van der Waals surface area contributed by atoms with Crippen molar-refractivity contribution in [3.05, 3.63) is 78.2 Å². The number of aromatic nitrogens is 2. The van der Waals surface area contributed by atoms with Crippen LogP contribution >= 0.6 is 0 Å². The third kappa shape index (κ3) is 2.07. The summed E-state index contributed by atoms with van der Waals surface area (Å²) in [7, 11) is 0. The fourth-order valence-corrected chi connectivity index (χ4v) is 2.39. The number of nitrogens with zero attached hydrogens (tertiary/aromatic N) is 3. The van der Waals surface area contributed by atoms with Gasteiger partial charge in [-0.05, 0) is 30.3 Å². The van der Waals surface area contributed by atoms with Crippen LogP contribution in [0.15, 0.2) is 72.0 Å². The average Bonchev–Trinajstić information content (AvgIpc) is 2.72. The molecule has 1 aliphatic rings. The van der Waals surface area contributed by atoms with E-state index < -0.39 is 0 Å². The van der Waals surface area contributed by atoms with E-state index in [1.165, 1.54) is 0 Å². The SMILES string of the molecule is c1ccc(C2=Nc3cccnc3Nc3ccccc32)nc1. The Morgan fingerprint density at radius 2 is 1.62 bits per heavy atom. The summed E-state index contributed by atoms with van der Waals surface area (Å²) in [5.41, 5.74) is 4.52. The summed E-state index contributed by atoms with van der Waals surface area (Å²) in [6.07, 6.45) is 3.54. The highest BCUT2D eigenvalue weighted by Gasteiger charge is 2.18. The molecule has 0 amide bonds. The molecule has 0 spiro atoms. The highest BCUT2D eigenvalue weighted by Crippen LogP contribution is 2.33. The highest BCUT2D eigenvalue weighted by molar-refractivity contribution is 6.17. The van der Waals surface area contributed by atoms with E-state index >= 15 is 0 Å². The predicted molar refractivity (Wildman–Crippen MR) is 83.5 cm³/mol. The largest absolute Gasteiger partial charge is 0.338 e. The Hall–Kier alpha value is -3.01. The summed E-state index contributed by atoms with van der Waals surface area (Å²) in [6.45, 7) is 0. The van der Waals surface area contributed by atoms with Crippen molar-refractivity contribution >= 4 is 22.9 Å². The maximum absolute atomic E-state index is 4.78. The van der Waals surface area contributed by atoms with Crippen LogP contribution in [0.2, 0.25) is 0 Å². The van der Waals surface area contributed by atoms with Crippen LogP contribution < -0.4 is 5.32 Å². The summed E-state index contributed by atoms with van der Waals surface area (Å²) in [4.78, 5) is 13.6. The summed E-state index contributed by atoms with van der Waals surface area (Å²) in [6, 6.07) is 17.7. The van der Waals surface area contributed by atoms with E-state index in [4.69, 9.17) is 4.99 Å². The Balaban J connectivity index is 2.00. The lowest BCUT2D eigenvalue weighted by Crippen LogP contribution is -2.06. The second-order valence-corrected chi connectivity index (χ2v) is 4.72. The van der Waals surface area contributed by atoms with E-state index in [0.29, 0.717) is 0 Å². The van der Waals surface area contributed by atoms with E-state index in [1.54, 1.807) is 12.4 Å². The minimum atomic E-state index is 0.760. The van der Waals surface area contributed by atoms with E-state index in [9.17, 15) is 0 Å². The van der Waals surface area contributed by atoms with Gasteiger partial charge in [-0.1, -0.05) is 24.3 Å². The first-order chi connectivity index (χ1) is 10.4. The molecule has 0 radical (unpaired) electrons. The summed E-state index contributed by atoms with van der Waals surface area (Å²) >= 11 is 0. The van der Waals surface area contributed by atoms with Crippen LogP contribution in [-0.2, 0) is 0 Å². The third-order valence-corrected chi connectivity index (χ3v) is 3.36. The summed E-state index contributed by atoms with van der Waals surface area (Å²) in [5, 5.41) is 3.35. The Bertz CT molecular complexity index is 825. The number of pyridine rings is 2. The molecule has 4 heteroatoms. The molecule has 4 rings (SSSR count). The number of rotatable bonds is 1. The molecule has 3 aromatic rings. The lowest BCUT2D eigenvalue weighted by atomic mass is 10.0. The van der Waals surface area contributed by atoms with Gasteiger partial charge in [0.25, 0.3) is 0 Å². The molecular weight excluding hydrogens is 260 g/mol. The van der Waals surface area contributed by atoms with E-state index in [0.717, 1.165) is 34.2 Å². The van der Waals surface area contributed by atoms with Gasteiger partial charge in [0.2, 0.25) is 0 Å². The van der Waals surface area contributed by atoms with Crippen molar-refractivity contribution < 1.29 is 0 Å². The molecule has 1 N–H and O–H groups in total. The van der Waals surface area contributed by atoms with Crippen molar-refractivity contribution in [3.8, 4) is 0 Å². The van der Waals surface area contributed by atoms with Crippen LogP contribution in [0.25, 0.3) is 0 Å². The minimum Gasteiger partial charge on any atom is -0.338 e. The van der Waals surface area contributed by atoms with Gasteiger partial charge in [-0.25, -0.2) is 9.98 Å². The molecule has 0 unspecified atom stereocenters. The van der Waals surface area contributed by atoms with E-state index in [1.807, 2.05) is 54.6 Å². The molecule has 0 bridgehead atoms. The van der Waals surface area contributed by atoms with Crippen molar-refractivity contribution in [3.63, 3.8) is 0 Å². The molecular formula is C17H12N4. The molecule has 0 aliphatic carbocycles. The second kappa shape index (κ2) is 4.83. The van der Waals surface area contributed by atoms with Crippen molar-refractivity contribution in [1.29, 1.82) is 0 Å². The maximum atomic E-state index is 4.78. The van der Waals surface area contributed by atoms with Crippen molar-refractivity contribution in [2.45, 2.75) is 0 Å². The van der Waals surface area contributed by atoms with Crippen LogP contribution in [-0.4, -0.2) is 15.7 Å². The van der Waals surface area contributed by atoms with Crippen molar-refractivity contribution in [2.75, 3.05) is 5.32 Å². The number of anilines is 2. The monoisotopic (exact) mass is 272 g/mol. The van der Waals surface area contributed by atoms with Crippen molar-refractivity contribution in [1.82, 2.24) is 9.97 Å². The number of nitrogens with one attached hydrogen (secondary N) is 1. The molecule has 0 saturated heterocycles. The molecule has 100 valence electrons. The number of fused-ring (bicyclic) bond motifs is 2. The van der Waals surface area contributed by atoms with Gasteiger partial charge >= 0.3 is 0 Å². The van der Waals surface area contributed by atoms with Gasteiger partial charge in [0, 0.05) is 23.6 Å². The third-order valence-electron chi connectivity index (χ3n) is 3.36. The fraction of sp³-hybridized carbons (Fsp3) is 0. The Kier molecular flexibility index (Phi) is 2.71. The van der Waals surface area contributed by atoms with Gasteiger partial charge in [0.05, 0.1) is 11.4 Å². The van der Waals surface area contributed by atoms with Gasteiger partial charge in [-0.3, -0.25) is 4.98 Å². The standard InChI is InChI=1S/C17H12N4/c1-2-7-13-12(6-1)16(14-8-3-4-10-18-14)20-15-9-5-11-19-17(15)21-13/h1-11H,(H,19,21).